The standard InChI is InChI=1S/C17H23N5O2/c1-4-24-16(23)14-6-9-21(10-7-14)15-5-8-18-17(19-15)22-13(3)11-12(2)20-22/h5,8,11,14H,4,6-7,9-10H2,1-3H3. The number of aromatic nitrogens is 4. The maximum Gasteiger partial charge on any atom is 0.309 e. The molecule has 1 fully saturated rings. The third kappa shape index (κ3) is 3.39. The second-order valence-corrected chi connectivity index (χ2v) is 6.07. The van der Waals surface area contributed by atoms with Gasteiger partial charge in [-0.15, -0.1) is 0 Å². The summed E-state index contributed by atoms with van der Waals surface area (Å²) >= 11 is 0. The molecule has 0 radical (unpaired) electrons. The maximum atomic E-state index is 11.8. The monoisotopic (exact) mass is 329 g/mol. The Labute approximate surface area is 141 Å². The summed E-state index contributed by atoms with van der Waals surface area (Å²) in [5, 5.41) is 4.43. The lowest BCUT2D eigenvalue weighted by Gasteiger charge is -2.31. The van der Waals surface area contributed by atoms with Crippen LogP contribution in [0.5, 0.6) is 0 Å². The van der Waals surface area contributed by atoms with E-state index in [1.807, 2.05) is 32.9 Å². The minimum Gasteiger partial charge on any atom is -0.466 e. The Morgan fingerprint density at radius 3 is 2.71 bits per heavy atom. The van der Waals surface area contributed by atoms with Gasteiger partial charge < -0.3 is 9.64 Å². The van der Waals surface area contributed by atoms with Gasteiger partial charge in [0.15, 0.2) is 0 Å². The van der Waals surface area contributed by atoms with E-state index in [1.165, 1.54) is 0 Å². The molecule has 2 aromatic rings. The van der Waals surface area contributed by atoms with Gasteiger partial charge in [0.2, 0.25) is 0 Å². The van der Waals surface area contributed by atoms with Crippen molar-refractivity contribution in [3.8, 4) is 5.95 Å². The van der Waals surface area contributed by atoms with Crippen molar-refractivity contribution < 1.29 is 9.53 Å². The molecule has 0 spiro atoms. The van der Waals surface area contributed by atoms with Crippen molar-refractivity contribution in [3.05, 3.63) is 29.7 Å². The molecule has 7 heteroatoms. The van der Waals surface area contributed by atoms with Crippen LogP contribution in [0.15, 0.2) is 18.3 Å². The number of carbonyl (C=O) groups excluding carboxylic acids is 1. The SMILES string of the molecule is CCOC(=O)C1CCN(c2ccnc(-n3nc(C)cc3C)n2)CC1. The highest BCUT2D eigenvalue weighted by atomic mass is 16.5. The molecule has 0 saturated carbocycles. The van der Waals surface area contributed by atoms with Crippen LogP contribution >= 0.6 is 0 Å². The number of piperidine rings is 1. The summed E-state index contributed by atoms with van der Waals surface area (Å²) in [5.41, 5.74) is 1.95. The molecule has 0 atom stereocenters. The average Bonchev–Trinajstić information content (AvgIpc) is 2.94. The van der Waals surface area contributed by atoms with Crippen molar-refractivity contribution in [2.24, 2.45) is 5.92 Å². The Morgan fingerprint density at radius 1 is 1.33 bits per heavy atom. The summed E-state index contributed by atoms with van der Waals surface area (Å²) < 4.78 is 6.87. The summed E-state index contributed by atoms with van der Waals surface area (Å²) in [4.78, 5) is 23.0. The predicted octanol–water partition coefficient (Wildman–Crippen LogP) is 2.06. The Bertz CT molecular complexity index is 720. The van der Waals surface area contributed by atoms with Crippen molar-refractivity contribution in [2.45, 2.75) is 33.6 Å². The first-order chi connectivity index (χ1) is 11.6. The van der Waals surface area contributed by atoms with Crippen LogP contribution in [0.25, 0.3) is 5.95 Å². The third-order valence-electron chi connectivity index (χ3n) is 4.27. The van der Waals surface area contributed by atoms with Gasteiger partial charge in [-0.25, -0.2) is 9.67 Å². The topological polar surface area (TPSA) is 73.1 Å². The van der Waals surface area contributed by atoms with Crippen LogP contribution in [0.2, 0.25) is 0 Å². The molecule has 0 aromatic carbocycles. The van der Waals surface area contributed by atoms with Gasteiger partial charge in [0.25, 0.3) is 5.95 Å². The molecule has 24 heavy (non-hydrogen) atoms. The summed E-state index contributed by atoms with van der Waals surface area (Å²) in [6.45, 7) is 7.80. The van der Waals surface area contributed by atoms with Gasteiger partial charge in [0.1, 0.15) is 5.82 Å². The molecule has 3 rings (SSSR count). The second-order valence-electron chi connectivity index (χ2n) is 6.07. The van der Waals surface area contributed by atoms with E-state index in [2.05, 4.69) is 20.0 Å². The van der Waals surface area contributed by atoms with Crippen molar-refractivity contribution in [2.75, 3.05) is 24.6 Å². The molecule has 2 aromatic heterocycles. The number of carbonyl (C=O) groups is 1. The molecule has 0 amide bonds. The molecular weight excluding hydrogens is 306 g/mol. The Morgan fingerprint density at radius 2 is 2.08 bits per heavy atom. The van der Waals surface area contributed by atoms with E-state index in [9.17, 15) is 4.79 Å². The molecule has 3 heterocycles. The molecular formula is C17H23N5O2. The van der Waals surface area contributed by atoms with Crippen LogP contribution in [0.3, 0.4) is 0 Å². The van der Waals surface area contributed by atoms with Crippen LogP contribution in [0, 0.1) is 19.8 Å². The van der Waals surface area contributed by atoms with Crippen LogP contribution in [-0.2, 0) is 9.53 Å². The summed E-state index contributed by atoms with van der Waals surface area (Å²) in [7, 11) is 0. The Hall–Kier alpha value is -2.44. The second kappa shape index (κ2) is 6.98. The zero-order valence-electron chi connectivity index (χ0n) is 14.4. The maximum absolute atomic E-state index is 11.8. The lowest BCUT2D eigenvalue weighted by Crippen LogP contribution is -2.37. The molecule has 0 unspecified atom stereocenters. The van der Waals surface area contributed by atoms with Crippen molar-refractivity contribution in [3.63, 3.8) is 0 Å². The fourth-order valence-electron chi connectivity index (χ4n) is 3.05. The first-order valence-corrected chi connectivity index (χ1v) is 8.36. The number of rotatable bonds is 4. The smallest absolute Gasteiger partial charge is 0.309 e. The highest BCUT2D eigenvalue weighted by Gasteiger charge is 2.26. The lowest BCUT2D eigenvalue weighted by atomic mass is 9.97. The number of nitrogens with zero attached hydrogens (tertiary/aromatic N) is 5. The number of esters is 1. The number of hydrogen-bond acceptors (Lipinski definition) is 6. The first kappa shape index (κ1) is 16.4. The Balaban J connectivity index is 1.72. The van der Waals surface area contributed by atoms with Gasteiger partial charge in [-0.2, -0.15) is 10.1 Å². The normalized spacial score (nSPS) is 15.5. The molecule has 128 valence electrons. The summed E-state index contributed by atoms with van der Waals surface area (Å²) in [6, 6.07) is 3.90. The largest absolute Gasteiger partial charge is 0.466 e. The summed E-state index contributed by atoms with van der Waals surface area (Å²) in [5.74, 6) is 1.36. The Kier molecular flexibility index (Phi) is 4.78. The highest BCUT2D eigenvalue weighted by Crippen LogP contribution is 2.23. The fraction of sp³-hybridized carbons (Fsp3) is 0.529. The summed E-state index contributed by atoms with van der Waals surface area (Å²) in [6.07, 6.45) is 3.34. The van der Waals surface area contributed by atoms with Gasteiger partial charge in [0.05, 0.1) is 18.2 Å². The van der Waals surface area contributed by atoms with E-state index in [-0.39, 0.29) is 11.9 Å². The van der Waals surface area contributed by atoms with E-state index >= 15 is 0 Å². The molecule has 1 aliphatic rings. The number of ether oxygens (including phenoxy) is 1. The van der Waals surface area contributed by atoms with E-state index < -0.39 is 0 Å². The molecule has 0 N–H and O–H groups in total. The zero-order valence-corrected chi connectivity index (χ0v) is 14.4. The average molecular weight is 329 g/mol. The van der Waals surface area contributed by atoms with Gasteiger partial charge in [-0.1, -0.05) is 0 Å². The van der Waals surface area contributed by atoms with Crippen LogP contribution in [0.1, 0.15) is 31.2 Å². The van der Waals surface area contributed by atoms with Crippen LogP contribution in [0.4, 0.5) is 5.82 Å². The minimum atomic E-state index is -0.0804. The van der Waals surface area contributed by atoms with E-state index in [1.54, 1.807) is 10.9 Å². The molecule has 0 bridgehead atoms. The molecule has 1 aliphatic heterocycles. The van der Waals surface area contributed by atoms with Crippen molar-refractivity contribution >= 4 is 11.8 Å². The van der Waals surface area contributed by atoms with Crippen molar-refractivity contribution in [1.82, 2.24) is 19.7 Å². The fourth-order valence-corrected chi connectivity index (χ4v) is 3.05. The van der Waals surface area contributed by atoms with Gasteiger partial charge in [-0.3, -0.25) is 4.79 Å². The number of hydrogen-bond donors (Lipinski definition) is 0. The predicted molar refractivity (Wildman–Crippen MR) is 90.2 cm³/mol. The van der Waals surface area contributed by atoms with E-state index in [0.717, 1.165) is 43.1 Å². The zero-order chi connectivity index (χ0) is 17.1. The van der Waals surface area contributed by atoms with E-state index in [0.29, 0.717) is 12.6 Å². The quantitative estimate of drug-likeness (QED) is 0.800. The van der Waals surface area contributed by atoms with Crippen LogP contribution in [-0.4, -0.2) is 45.4 Å². The van der Waals surface area contributed by atoms with Crippen molar-refractivity contribution in [1.29, 1.82) is 0 Å². The van der Waals surface area contributed by atoms with Gasteiger partial charge in [-0.05, 0) is 45.7 Å². The molecule has 7 nitrogen and oxygen atoms in total. The molecule has 1 saturated heterocycles. The first-order valence-electron chi connectivity index (χ1n) is 8.36. The van der Waals surface area contributed by atoms with E-state index in [4.69, 9.17) is 4.74 Å². The number of anilines is 1. The van der Waals surface area contributed by atoms with Gasteiger partial charge >= 0.3 is 5.97 Å². The van der Waals surface area contributed by atoms with Crippen LogP contribution < -0.4 is 4.90 Å². The minimum absolute atomic E-state index is 0.00137. The van der Waals surface area contributed by atoms with Gasteiger partial charge in [0, 0.05) is 25.0 Å². The molecule has 0 aliphatic carbocycles. The third-order valence-corrected chi connectivity index (χ3v) is 4.27. The highest BCUT2D eigenvalue weighted by molar-refractivity contribution is 5.72. The lowest BCUT2D eigenvalue weighted by molar-refractivity contribution is -0.148. The number of aryl methyl sites for hydroxylation is 2.